The van der Waals surface area contributed by atoms with Gasteiger partial charge in [-0.1, -0.05) is 17.7 Å². The summed E-state index contributed by atoms with van der Waals surface area (Å²) in [5.41, 5.74) is 1.24. The fraction of sp³-hybridized carbons (Fsp3) is 0.400. The minimum Gasteiger partial charge on any atom is -0.491 e. The summed E-state index contributed by atoms with van der Waals surface area (Å²) >= 11 is 3.92. The van der Waals surface area contributed by atoms with Gasteiger partial charge >= 0.3 is 0 Å². The zero-order valence-corrected chi connectivity index (χ0v) is 8.59. The van der Waals surface area contributed by atoms with Crippen molar-refractivity contribution in [3.05, 3.63) is 29.8 Å². The highest BCUT2D eigenvalue weighted by molar-refractivity contribution is 7.80. The van der Waals surface area contributed by atoms with Crippen LogP contribution in [0.1, 0.15) is 5.56 Å². The summed E-state index contributed by atoms with van der Waals surface area (Å²) in [4.78, 5) is 0. The van der Waals surface area contributed by atoms with Gasteiger partial charge in [-0.05, 0) is 19.1 Å². The van der Waals surface area contributed by atoms with Crippen molar-refractivity contribution in [2.75, 3.05) is 19.2 Å². The molecule has 0 aromatic heterocycles. The third-order valence-corrected chi connectivity index (χ3v) is 1.79. The largest absolute Gasteiger partial charge is 0.491 e. The predicted molar refractivity (Wildman–Crippen MR) is 56.5 cm³/mol. The van der Waals surface area contributed by atoms with Crippen molar-refractivity contribution in [3.63, 3.8) is 0 Å². The van der Waals surface area contributed by atoms with Gasteiger partial charge in [-0.2, -0.15) is 12.6 Å². The minimum atomic E-state index is 0.442. The maximum absolute atomic E-state index is 5.40. The molecule has 2 nitrogen and oxygen atoms in total. The molecule has 72 valence electrons. The number of hydrogen-bond donors (Lipinski definition) is 1. The standard InChI is InChI=1S/C10H14O2S/c1-9-2-4-10(5-3-9)12-7-6-11-8-13/h2-5,13H,6-8H2,1H3. The molecular weight excluding hydrogens is 184 g/mol. The molecule has 0 aliphatic heterocycles. The van der Waals surface area contributed by atoms with E-state index < -0.39 is 0 Å². The molecule has 0 amide bonds. The third kappa shape index (κ3) is 4.20. The lowest BCUT2D eigenvalue weighted by atomic mass is 10.2. The maximum Gasteiger partial charge on any atom is 0.119 e. The van der Waals surface area contributed by atoms with Crippen molar-refractivity contribution in [2.24, 2.45) is 0 Å². The van der Waals surface area contributed by atoms with Gasteiger partial charge in [0.25, 0.3) is 0 Å². The fourth-order valence-corrected chi connectivity index (χ4v) is 1.05. The van der Waals surface area contributed by atoms with Crippen LogP contribution in [0.4, 0.5) is 0 Å². The highest BCUT2D eigenvalue weighted by atomic mass is 32.1. The molecule has 0 aliphatic rings. The van der Waals surface area contributed by atoms with Crippen molar-refractivity contribution >= 4 is 12.6 Å². The van der Waals surface area contributed by atoms with Crippen LogP contribution in [-0.4, -0.2) is 19.2 Å². The number of rotatable bonds is 5. The van der Waals surface area contributed by atoms with E-state index in [9.17, 15) is 0 Å². The van der Waals surface area contributed by atoms with E-state index in [-0.39, 0.29) is 0 Å². The van der Waals surface area contributed by atoms with Gasteiger partial charge < -0.3 is 9.47 Å². The second-order valence-corrected chi connectivity index (χ2v) is 2.96. The molecule has 0 atom stereocenters. The van der Waals surface area contributed by atoms with Crippen molar-refractivity contribution < 1.29 is 9.47 Å². The van der Waals surface area contributed by atoms with Gasteiger partial charge in [0.1, 0.15) is 12.4 Å². The van der Waals surface area contributed by atoms with Crippen molar-refractivity contribution in [3.8, 4) is 5.75 Å². The quantitative estimate of drug-likeness (QED) is 0.444. The van der Waals surface area contributed by atoms with E-state index in [0.29, 0.717) is 19.2 Å². The highest BCUT2D eigenvalue weighted by Gasteiger charge is 1.91. The van der Waals surface area contributed by atoms with Gasteiger partial charge in [0.2, 0.25) is 0 Å². The van der Waals surface area contributed by atoms with E-state index in [4.69, 9.17) is 9.47 Å². The van der Waals surface area contributed by atoms with E-state index in [2.05, 4.69) is 12.6 Å². The molecule has 13 heavy (non-hydrogen) atoms. The zero-order chi connectivity index (χ0) is 9.52. The Bertz CT molecular complexity index is 233. The number of ether oxygens (including phenoxy) is 2. The molecule has 0 N–H and O–H groups in total. The summed E-state index contributed by atoms with van der Waals surface area (Å²) < 4.78 is 10.4. The number of benzene rings is 1. The molecule has 3 heteroatoms. The minimum absolute atomic E-state index is 0.442. The molecule has 0 saturated heterocycles. The first-order valence-electron chi connectivity index (χ1n) is 4.21. The van der Waals surface area contributed by atoms with Gasteiger partial charge in [-0.25, -0.2) is 0 Å². The molecule has 0 aliphatic carbocycles. The summed E-state index contributed by atoms with van der Waals surface area (Å²) in [6.07, 6.45) is 0. The summed E-state index contributed by atoms with van der Waals surface area (Å²) in [7, 11) is 0. The Kier molecular flexibility index (Phi) is 4.72. The first kappa shape index (κ1) is 10.4. The zero-order valence-electron chi connectivity index (χ0n) is 7.69. The Morgan fingerprint density at radius 3 is 2.46 bits per heavy atom. The fourth-order valence-electron chi connectivity index (χ4n) is 0.917. The third-order valence-electron chi connectivity index (χ3n) is 1.61. The molecule has 1 rings (SSSR count). The lowest BCUT2D eigenvalue weighted by Gasteiger charge is -2.05. The van der Waals surface area contributed by atoms with Crippen LogP contribution >= 0.6 is 12.6 Å². The first-order chi connectivity index (χ1) is 6.33. The Morgan fingerprint density at radius 2 is 1.85 bits per heavy atom. The molecule has 0 saturated carbocycles. The first-order valence-corrected chi connectivity index (χ1v) is 4.84. The van der Waals surface area contributed by atoms with Crippen molar-refractivity contribution in [1.82, 2.24) is 0 Å². The van der Waals surface area contributed by atoms with Crippen LogP contribution in [0.15, 0.2) is 24.3 Å². The van der Waals surface area contributed by atoms with E-state index in [1.807, 2.05) is 31.2 Å². The smallest absolute Gasteiger partial charge is 0.119 e. The lowest BCUT2D eigenvalue weighted by Crippen LogP contribution is -2.05. The second-order valence-electron chi connectivity index (χ2n) is 2.70. The van der Waals surface area contributed by atoms with Crippen LogP contribution < -0.4 is 4.74 Å². The Balaban J connectivity index is 2.25. The maximum atomic E-state index is 5.40. The summed E-state index contributed by atoms with van der Waals surface area (Å²) in [5, 5.41) is 0. The average Bonchev–Trinajstić information content (AvgIpc) is 2.15. The second kappa shape index (κ2) is 5.89. The van der Waals surface area contributed by atoms with Crippen LogP contribution in [0.25, 0.3) is 0 Å². The molecule has 1 aromatic carbocycles. The number of thiol groups is 1. The van der Waals surface area contributed by atoms with Crippen LogP contribution in [0.5, 0.6) is 5.75 Å². The van der Waals surface area contributed by atoms with Crippen LogP contribution in [-0.2, 0) is 4.74 Å². The topological polar surface area (TPSA) is 18.5 Å². The molecular formula is C10H14O2S. The lowest BCUT2D eigenvalue weighted by molar-refractivity contribution is 0.136. The molecule has 0 heterocycles. The molecule has 0 unspecified atom stereocenters. The molecule has 0 fully saturated rings. The van der Waals surface area contributed by atoms with Crippen LogP contribution in [0.3, 0.4) is 0 Å². The van der Waals surface area contributed by atoms with Gasteiger partial charge in [0.15, 0.2) is 0 Å². The normalized spacial score (nSPS) is 10.0. The molecule has 0 radical (unpaired) electrons. The number of hydrogen-bond acceptors (Lipinski definition) is 3. The van der Waals surface area contributed by atoms with Gasteiger partial charge in [-0.3, -0.25) is 0 Å². The van der Waals surface area contributed by atoms with E-state index in [1.54, 1.807) is 0 Å². The van der Waals surface area contributed by atoms with Crippen LogP contribution in [0.2, 0.25) is 0 Å². The molecule has 0 spiro atoms. The molecule has 0 bridgehead atoms. The van der Waals surface area contributed by atoms with Gasteiger partial charge in [0.05, 0.1) is 12.5 Å². The Hall–Kier alpha value is -0.670. The predicted octanol–water partition coefficient (Wildman–Crippen LogP) is 2.28. The molecule has 1 aromatic rings. The Labute approximate surface area is 84.3 Å². The SMILES string of the molecule is Cc1ccc(OCCOCS)cc1. The average molecular weight is 198 g/mol. The van der Waals surface area contributed by atoms with Gasteiger partial charge in [-0.15, -0.1) is 0 Å². The summed E-state index contributed by atoms with van der Waals surface area (Å²) in [6.45, 7) is 3.20. The highest BCUT2D eigenvalue weighted by Crippen LogP contribution is 2.10. The number of aryl methyl sites for hydroxylation is 1. The Morgan fingerprint density at radius 1 is 1.15 bits per heavy atom. The van der Waals surface area contributed by atoms with E-state index >= 15 is 0 Å². The van der Waals surface area contributed by atoms with Gasteiger partial charge in [0, 0.05) is 0 Å². The summed E-state index contributed by atoms with van der Waals surface area (Å²) in [5.74, 6) is 1.32. The monoisotopic (exact) mass is 198 g/mol. The van der Waals surface area contributed by atoms with E-state index in [0.717, 1.165) is 5.75 Å². The van der Waals surface area contributed by atoms with Crippen LogP contribution in [0, 0.1) is 6.92 Å². The summed E-state index contributed by atoms with van der Waals surface area (Å²) in [6, 6.07) is 7.95. The van der Waals surface area contributed by atoms with E-state index in [1.165, 1.54) is 5.56 Å². The van der Waals surface area contributed by atoms with Crippen molar-refractivity contribution in [2.45, 2.75) is 6.92 Å². The van der Waals surface area contributed by atoms with Crippen molar-refractivity contribution in [1.29, 1.82) is 0 Å².